The lowest BCUT2D eigenvalue weighted by Crippen LogP contribution is -2.14. The van der Waals surface area contributed by atoms with Crippen LogP contribution in [0.25, 0.3) is 5.69 Å². The van der Waals surface area contributed by atoms with Crippen LogP contribution in [-0.4, -0.2) is 34.2 Å². The van der Waals surface area contributed by atoms with Crippen LogP contribution in [0.4, 0.5) is 11.4 Å². The maximum Gasteiger partial charge on any atom is 0.356 e. The van der Waals surface area contributed by atoms with Crippen molar-refractivity contribution >= 4 is 27.4 Å². The van der Waals surface area contributed by atoms with Crippen molar-refractivity contribution in [3.05, 3.63) is 76.1 Å². The Morgan fingerprint density at radius 2 is 1.86 bits per heavy atom. The van der Waals surface area contributed by atoms with Crippen LogP contribution >= 0.6 is 0 Å². The number of sulfonamides is 1. The summed E-state index contributed by atoms with van der Waals surface area (Å²) in [6, 6.07) is 11.0. The molecule has 0 aliphatic heterocycles. The van der Waals surface area contributed by atoms with Gasteiger partial charge in [0.1, 0.15) is 0 Å². The highest BCUT2D eigenvalue weighted by molar-refractivity contribution is 7.92. The molecule has 0 aliphatic rings. The smallest absolute Gasteiger partial charge is 0.356 e. The molecule has 1 heterocycles. The van der Waals surface area contributed by atoms with E-state index in [2.05, 4.69) is 9.82 Å². The predicted molar refractivity (Wildman–Crippen MR) is 99.2 cm³/mol. The molecule has 28 heavy (non-hydrogen) atoms. The monoisotopic (exact) mass is 402 g/mol. The number of aromatic nitrogens is 2. The molecule has 0 saturated heterocycles. The molecule has 3 rings (SSSR count). The minimum Gasteiger partial charge on any atom is -0.476 e. The van der Waals surface area contributed by atoms with Crippen LogP contribution in [0.1, 0.15) is 16.1 Å². The summed E-state index contributed by atoms with van der Waals surface area (Å²) in [5.74, 6) is -1.16. The van der Waals surface area contributed by atoms with E-state index >= 15 is 0 Å². The van der Waals surface area contributed by atoms with E-state index in [-0.39, 0.29) is 22.0 Å². The van der Waals surface area contributed by atoms with Gasteiger partial charge in [0.25, 0.3) is 15.7 Å². The molecule has 11 heteroatoms. The Morgan fingerprint density at radius 3 is 2.43 bits per heavy atom. The van der Waals surface area contributed by atoms with Crippen molar-refractivity contribution in [2.24, 2.45) is 0 Å². The van der Waals surface area contributed by atoms with E-state index in [0.717, 1.165) is 6.07 Å². The number of nitro groups is 1. The first-order valence-electron chi connectivity index (χ1n) is 7.84. The van der Waals surface area contributed by atoms with Crippen molar-refractivity contribution in [3.8, 4) is 5.69 Å². The molecule has 0 bridgehead atoms. The number of carboxylic acid groups (broad SMARTS) is 1. The van der Waals surface area contributed by atoms with Gasteiger partial charge in [0, 0.05) is 24.0 Å². The van der Waals surface area contributed by atoms with Crippen LogP contribution in [0.3, 0.4) is 0 Å². The van der Waals surface area contributed by atoms with Gasteiger partial charge in [-0.1, -0.05) is 6.07 Å². The van der Waals surface area contributed by atoms with Crippen LogP contribution in [-0.2, 0) is 10.0 Å². The first kappa shape index (κ1) is 19.0. The van der Waals surface area contributed by atoms with Gasteiger partial charge in [-0.2, -0.15) is 5.10 Å². The average Bonchev–Trinajstić information content (AvgIpc) is 3.12. The number of nitrogens with zero attached hydrogens (tertiary/aromatic N) is 3. The van der Waals surface area contributed by atoms with Crippen molar-refractivity contribution in [3.63, 3.8) is 0 Å². The van der Waals surface area contributed by atoms with Gasteiger partial charge in [0.15, 0.2) is 5.69 Å². The summed E-state index contributed by atoms with van der Waals surface area (Å²) >= 11 is 0. The lowest BCUT2D eigenvalue weighted by atomic mass is 10.2. The first-order valence-corrected chi connectivity index (χ1v) is 9.33. The molecule has 144 valence electrons. The van der Waals surface area contributed by atoms with E-state index in [1.54, 1.807) is 19.1 Å². The number of benzene rings is 2. The maximum atomic E-state index is 12.6. The van der Waals surface area contributed by atoms with Gasteiger partial charge in [-0.05, 0) is 42.8 Å². The third-order valence-corrected chi connectivity index (χ3v) is 5.39. The third kappa shape index (κ3) is 3.83. The minimum atomic E-state index is -4.04. The lowest BCUT2D eigenvalue weighted by molar-refractivity contribution is -0.385. The summed E-state index contributed by atoms with van der Waals surface area (Å²) in [5.41, 5.74) is 0.690. The average molecular weight is 402 g/mol. The molecule has 0 unspecified atom stereocenters. The van der Waals surface area contributed by atoms with Gasteiger partial charge in [-0.15, -0.1) is 0 Å². The summed E-state index contributed by atoms with van der Waals surface area (Å²) < 4.78 is 28.9. The molecule has 0 aliphatic carbocycles. The summed E-state index contributed by atoms with van der Waals surface area (Å²) in [6.07, 6.45) is 1.47. The molecule has 0 saturated carbocycles. The number of hydrogen-bond donors (Lipinski definition) is 2. The highest BCUT2D eigenvalue weighted by Gasteiger charge is 2.20. The molecule has 2 N–H and O–H groups in total. The van der Waals surface area contributed by atoms with Gasteiger partial charge in [-0.25, -0.2) is 17.9 Å². The maximum absolute atomic E-state index is 12.6. The van der Waals surface area contributed by atoms with E-state index in [9.17, 15) is 23.3 Å². The molecule has 1 aromatic heterocycles. The number of rotatable bonds is 6. The van der Waals surface area contributed by atoms with E-state index < -0.39 is 20.9 Å². The van der Waals surface area contributed by atoms with Crippen LogP contribution < -0.4 is 4.72 Å². The number of aromatic carboxylic acids is 1. The fourth-order valence-electron chi connectivity index (χ4n) is 2.47. The number of carbonyl (C=O) groups is 1. The summed E-state index contributed by atoms with van der Waals surface area (Å²) in [6.45, 7) is 1.54. The fourth-order valence-corrected chi connectivity index (χ4v) is 3.79. The number of hydrogen-bond acceptors (Lipinski definition) is 6. The third-order valence-electron chi connectivity index (χ3n) is 3.86. The van der Waals surface area contributed by atoms with Gasteiger partial charge < -0.3 is 5.11 Å². The van der Waals surface area contributed by atoms with E-state index in [4.69, 9.17) is 5.11 Å². The number of anilines is 1. The Balaban J connectivity index is 1.86. The number of carboxylic acids is 1. The Kier molecular flexibility index (Phi) is 4.84. The van der Waals surface area contributed by atoms with Crippen LogP contribution in [0.15, 0.2) is 59.6 Å². The van der Waals surface area contributed by atoms with Crippen LogP contribution in [0, 0.1) is 17.0 Å². The van der Waals surface area contributed by atoms with Gasteiger partial charge in [0.2, 0.25) is 0 Å². The Bertz CT molecular complexity index is 1170. The quantitative estimate of drug-likeness (QED) is 0.476. The number of nitro benzene ring substituents is 1. The van der Waals surface area contributed by atoms with E-state index in [0.29, 0.717) is 11.3 Å². The van der Waals surface area contributed by atoms with Crippen molar-refractivity contribution in [2.45, 2.75) is 11.8 Å². The minimum absolute atomic E-state index is 0.120. The Labute approximate surface area is 159 Å². The van der Waals surface area contributed by atoms with Crippen molar-refractivity contribution < 1.29 is 23.2 Å². The molecular formula is C17H14N4O6S. The second kappa shape index (κ2) is 7.12. The zero-order chi connectivity index (χ0) is 20.5. The molecule has 3 aromatic rings. The number of aryl methyl sites for hydroxylation is 1. The van der Waals surface area contributed by atoms with Gasteiger partial charge >= 0.3 is 5.97 Å². The number of nitrogens with one attached hydrogen (secondary N) is 1. The molecule has 2 aromatic carbocycles. The van der Waals surface area contributed by atoms with Gasteiger partial charge in [-0.3, -0.25) is 14.8 Å². The van der Waals surface area contributed by atoms with Crippen molar-refractivity contribution in [1.29, 1.82) is 0 Å². The highest BCUT2D eigenvalue weighted by atomic mass is 32.2. The zero-order valence-corrected chi connectivity index (χ0v) is 15.3. The second-order valence-corrected chi connectivity index (χ2v) is 7.46. The Morgan fingerprint density at radius 1 is 1.18 bits per heavy atom. The Hall–Kier alpha value is -3.73. The molecule has 0 radical (unpaired) electrons. The topological polar surface area (TPSA) is 144 Å². The predicted octanol–water partition coefficient (Wildman–Crippen LogP) is 2.59. The van der Waals surface area contributed by atoms with E-state index in [1.807, 2.05) is 0 Å². The molecule has 0 amide bonds. The standard InChI is InChI=1S/C17H14N4O6S/c1-11-2-5-14(21(24)25)10-16(11)28(26,27)19-12-3-6-13(7-4-12)20-9-8-15(18-20)17(22)23/h2-10,19H,1H3,(H,22,23). The molecule has 10 nitrogen and oxygen atoms in total. The van der Waals surface area contributed by atoms with Crippen LogP contribution in [0.2, 0.25) is 0 Å². The normalized spacial score (nSPS) is 11.2. The molecule has 0 atom stereocenters. The molecule has 0 spiro atoms. The summed E-state index contributed by atoms with van der Waals surface area (Å²) in [4.78, 5) is 20.9. The summed E-state index contributed by atoms with van der Waals surface area (Å²) in [7, 11) is -4.04. The fraction of sp³-hybridized carbons (Fsp3) is 0.0588. The summed E-state index contributed by atoms with van der Waals surface area (Å²) in [5, 5.41) is 23.7. The SMILES string of the molecule is Cc1ccc([N+](=O)[O-])cc1S(=O)(=O)Nc1ccc(-n2ccc(C(=O)O)n2)cc1. The molecular weight excluding hydrogens is 388 g/mol. The van der Waals surface area contributed by atoms with Crippen molar-refractivity contribution in [2.75, 3.05) is 4.72 Å². The largest absolute Gasteiger partial charge is 0.476 e. The first-order chi connectivity index (χ1) is 13.2. The zero-order valence-electron chi connectivity index (χ0n) is 14.4. The van der Waals surface area contributed by atoms with Gasteiger partial charge in [0.05, 0.1) is 15.5 Å². The highest BCUT2D eigenvalue weighted by Crippen LogP contribution is 2.24. The molecule has 0 fully saturated rings. The second-order valence-electron chi connectivity index (χ2n) is 5.81. The van der Waals surface area contributed by atoms with E-state index in [1.165, 1.54) is 41.2 Å². The lowest BCUT2D eigenvalue weighted by Gasteiger charge is -2.11. The van der Waals surface area contributed by atoms with Crippen LogP contribution in [0.5, 0.6) is 0 Å². The number of non-ortho nitro benzene ring substituents is 1. The van der Waals surface area contributed by atoms with Crippen molar-refractivity contribution in [1.82, 2.24) is 9.78 Å².